The molecule has 0 fully saturated rings. The molecule has 1 aromatic heterocycles. The molecule has 23 heavy (non-hydrogen) atoms. The number of nitrogens with zero attached hydrogens (tertiary/aromatic N) is 1. The van der Waals surface area contributed by atoms with E-state index in [4.69, 9.17) is 4.55 Å². The van der Waals surface area contributed by atoms with Gasteiger partial charge in [-0.1, -0.05) is 0 Å². The molecule has 0 aliphatic heterocycles. The first-order valence-corrected chi connectivity index (χ1v) is 9.34. The number of aromatic amines is 1. The summed E-state index contributed by atoms with van der Waals surface area (Å²) in [7, 11) is -8.44. The Morgan fingerprint density at radius 1 is 1.17 bits per heavy atom. The molecule has 0 aliphatic carbocycles. The summed E-state index contributed by atoms with van der Waals surface area (Å²) in [5.74, 6) is -0.606. The highest BCUT2D eigenvalue weighted by molar-refractivity contribution is 7.91. The quantitative estimate of drug-likeness (QED) is 0.694. The van der Waals surface area contributed by atoms with Crippen LogP contribution >= 0.6 is 0 Å². The minimum atomic E-state index is -4.68. The van der Waals surface area contributed by atoms with Crippen LogP contribution in [0.3, 0.4) is 0 Å². The van der Waals surface area contributed by atoms with Gasteiger partial charge in [0.15, 0.2) is 9.84 Å². The minimum absolute atomic E-state index is 0.0349. The fourth-order valence-electron chi connectivity index (χ4n) is 1.92. The van der Waals surface area contributed by atoms with E-state index in [0.717, 1.165) is 0 Å². The number of hydrogen-bond acceptors (Lipinski definition) is 6. The molecule has 9 nitrogen and oxygen atoms in total. The average molecular weight is 362 g/mol. The summed E-state index contributed by atoms with van der Waals surface area (Å²) >= 11 is 0. The summed E-state index contributed by atoms with van der Waals surface area (Å²) in [6.07, 6.45) is 0. The van der Waals surface area contributed by atoms with Crippen molar-refractivity contribution in [2.75, 3.05) is 12.4 Å². The molecule has 11 heteroatoms. The lowest BCUT2D eigenvalue weighted by atomic mass is 10.3. The molecule has 0 aliphatic rings. The predicted molar refractivity (Wildman–Crippen MR) is 80.7 cm³/mol. The van der Waals surface area contributed by atoms with Crippen molar-refractivity contribution in [3.05, 3.63) is 46.4 Å². The van der Waals surface area contributed by atoms with Crippen LogP contribution in [0.4, 0.5) is 0 Å². The molecule has 0 amide bonds. The summed E-state index contributed by atoms with van der Waals surface area (Å²) < 4.78 is 58.7. The van der Waals surface area contributed by atoms with Crippen molar-refractivity contribution >= 4 is 20.2 Å². The molecule has 2 aromatic rings. The number of H-pyrrole nitrogens is 1. The van der Waals surface area contributed by atoms with Crippen molar-refractivity contribution in [3.8, 4) is 5.69 Å². The Bertz CT molecular complexity index is 954. The summed E-state index contributed by atoms with van der Waals surface area (Å²) in [6.45, 7) is 1.03. The first kappa shape index (κ1) is 17.4. The van der Waals surface area contributed by atoms with Crippen molar-refractivity contribution in [3.63, 3.8) is 0 Å². The minimum Gasteiger partial charge on any atom is -0.268 e. The van der Waals surface area contributed by atoms with Crippen LogP contribution in [0.1, 0.15) is 5.69 Å². The van der Waals surface area contributed by atoms with E-state index >= 15 is 0 Å². The van der Waals surface area contributed by atoms with Gasteiger partial charge < -0.3 is 0 Å². The van der Waals surface area contributed by atoms with E-state index in [1.54, 1.807) is 6.92 Å². The molecular formula is C12H14N2O7S2. The van der Waals surface area contributed by atoms with Gasteiger partial charge in [0, 0.05) is 11.8 Å². The van der Waals surface area contributed by atoms with Crippen molar-refractivity contribution in [1.82, 2.24) is 9.78 Å². The van der Waals surface area contributed by atoms with Crippen molar-refractivity contribution in [1.29, 1.82) is 0 Å². The van der Waals surface area contributed by atoms with Gasteiger partial charge >= 0.3 is 10.4 Å². The summed E-state index contributed by atoms with van der Waals surface area (Å²) in [4.78, 5) is 11.2. The molecule has 0 radical (unpaired) electrons. The summed E-state index contributed by atoms with van der Waals surface area (Å²) in [6, 6.07) is 7.06. The number of rotatable bonds is 6. The zero-order valence-corrected chi connectivity index (χ0v) is 13.6. The second-order valence-corrected chi connectivity index (χ2v) is 7.86. The van der Waals surface area contributed by atoms with Crippen molar-refractivity contribution in [2.45, 2.75) is 11.8 Å². The normalized spacial score (nSPS) is 12.4. The Morgan fingerprint density at radius 2 is 1.78 bits per heavy atom. The highest BCUT2D eigenvalue weighted by atomic mass is 32.3. The van der Waals surface area contributed by atoms with Gasteiger partial charge in [0.05, 0.1) is 22.9 Å². The van der Waals surface area contributed by atoms with E-state index in [2.05, 4.69) is 9.28 Å². The van der Waals surface area contributed by atoms with Gasteiger partial charge in [0.25, 0.3) is 5.56 Å². The SMILES string of the molecule is Cc1cc(=O)[nH]n1-c1ccc(S(=O)(=O)CCOS(=O)(=O)O)cc1. The second-order valence-electron chi connectivity index (χ2n) is 4.66. The summed E-state index contributed by atoms with van der Waals surface area (Å²) in [5.41, 5.74) is 0.950. The number of aryl methyl sites for hydroxylation is 1. The number of benzene rings is 1. The monoisotopic (exact) mass is 362 g/mol. The summed E-state index contributed by atoms with van der Waals surface area (Å²) in [5, 5.41) is 2.57. The van der Waals surface area contributed by atoms with Crippen molar-refractivity contribution in [2.24, 2.45) is 0 Å². The number of sulfone groups is 1. The van der Waals surface area contributed by atoms with Crippen LogP contribution < -0.4 is 5.56 Å². The van der Waals surface area contributed by atoms with Crippen LogP contribution in [0.15, 0.2) is 40.0 Å². The fourth-order valence-corrected chi connectivity index (χ4v) is 3.41. The Balaban J connectivity index is 2.18. The zero-order valence-electron chi connectivity index (χ0n) is 12.0. The highest BCUT2D eigenvalue weighted by Gasteiger charge is 2.16. The maximum atomic E-state index is 12.0. The molecule has 0 spiro atoms. The van der Waals surface area contributed by atoms with E-state index in [1.807, 2.05) is 0 Å². The zero-order chi connectivity index (χ0) is 17.3. The largest absolute Gasteiger partial charge is 0.397 e. The van der Waals surface area contributed by atoms with Crippen LogP contribution in [0.25, 0.3) is 5.69 Å². The standard InChI is InChI=1S/C12H14N2O7S2/c1-9-8-12(15)13-14(9)10-2-4-11(5-3-10)22(16,17)7-6-21-23(18,19)20/h2-5,8H,6-7H2,1H3,(H,13,15)(H,18,19,20). The predicted octanol–water partition coefficient (Wildman–Crippen LogP) is 0.0671. The smallest absolute Gasteiger partial charge is 0.268 e. The molecule has 0 atom stereocenters. The average Bonchev–Trinajstić information content (AvgIpc) is 2.76. The molecule has 2 rings (SSSR count). The molecule has 0 unspecified atom stereocenters. The van der Waals surface area contributed by atoms with E-state index in [-0.39, 0.29) is 10.5 Å². The number of nitrogens with one attached hydrogen (secondary N) is 1. The Morgan fingerprint density at radius 3 is 2.26 bits per heavy atom. The van der Waals surface area contributed by atoms with Crippen LogP contribution in [0, 0.1) is 6.92 Å². The van der Waals surface area contributed by atoms with Crippen LogP contribution in [0.2, 0.25) is 0 Å². The number of hydrogen-bond donors (Lipinski definition) is 2. The molecule has 2 N–H and O–H groups in total. The fraction of sp³-hybridized carbons (Fsp3) is 0.250. The third-order valence-electron chi connectivity index (χ3n) is 2.95. The van der Waals surface area contributed by atoms with Gasteiger partial charge in [0.2, 0.25) is 0 Å². The third-order valence-corrected chi connectivity index (χ3v) is 5.11. The Hall–Kier alpha value is -1.95. The molecular weight excluding hydrogens is 348 g/mol. The molecule has 0 saturated heterocycles. The lowest BCUT2D eigenvalue weighted by Crippen LogP contribution is -2.15. The van der Waals surface area contributed by atoms with Crippen LogP contribution in [-0.2, 0) is 24.4 Å². The second kappa shape index (κ2) is 6.28. The maximum absolute atomic E-state index is 12.0. The van der Waals surface area contributed by atoms with E-state index in [1.165, 1.54) is 35.0 Å². The van der Waals surface area contributed by atoms with Crippen molar-refractivity contribution < 1.29 is 25.6 Å². The first-order chi connectivity index (χ1) is 10.6. The van der Waals surface area contributed by atoms with E-state index in [0.29, 0.717) is 11.4 Å². The Labute approximate surface area is 132 Å². The topological polar surface area (TPSA) is 136 Å². The van der Waals surface area contributed by atoms with Crippen LogP contribution in [-0.4, -0.2) is 43.5 Å². The first-order valence-electron chi connectivity index (χ1n) is 6.32. The maximum Gasteiger partial charge on any atom is 0.397 e. The molecule has 1 heterocycles. The molecule has 1 aromatic carbocycles. The van der Waals surface area contributed by atoms with Gasteiger partial charge in [-0.25, -0.2) is 12.6 Å². The Kier molecular flexibility index (Phi) is 4.75. The van der Waals surface area contributed by atoms with Gasteiger partial charge in [-0.05, 0) is 31.2 Å². The van der Waals surface area contributed by atoms with Gasteiger partial charge in [-0.3, -0.25) is 19.1 Å². The van der Waals surface area contributed by atoms with Gasteiger partial charge in [0.1, 0.15) is 0 Å². The highest BCUT2D eigenvalue weighted by Crippen LogP contribution is 2.15. The number of aromatic nitrogens is 2. The van der Waals surface area contributed by atoms with E-state index < -0.39 is 32.6 Å². The molecule has 0 bridgehead atoms. The van der Waals surface area contributed by atoms with E-state index in [9.17, 15) is 21.6 Å². The molecule has 126 valence electrons. The van der Waals surface area contributed by atoms with Crippen LogP contribution in [0.5, 0.6) is 0 Å². The molecule has 0 saturated carbocycles. The lowest BCUT2D eigenvalue weighted by Gasteiger charge is -2.08. The van der Waals surface area contributed by atoms with Gasteiger partial charge in [-0.15, -0.1) is 0 Å². The lowest BCUT2D eigenvalue weighted by molar-refractivity contribution is 0.284. The van der Waals surface area contributed by atoms with Gasteiger partial charge in [-0.2, -0.15) is 8.42 Å². The third kappa shape index (κ3) is 4.51.